The van der Waals surface area contributed by atoms with Crippen LogP contribution >= 0.6 is 11.8 Å². The fourth-order valence-electron chi connectivity index (χ4n) is 1.58. The summed E-state index contributed by atoms with van der Waals surface area (Å²) in [6.45, 7) is 0. The Labute approximate surface area is 149 Å². The van der Waals surface area contributed by atoms with Crippen molar-refractivity contribution in [1.82, 2.24) is 0 Å². The number of carboxylic acids is 1. The monoisotopic (exact) mass is 445 g/mol. The molecule has 0 saturated carbocycles. The highest BCUT2D eigenvalue weighted by Gasteiger charge is 2.73. The number of aliphatic carboxylic acids is 1. The summed E-state index contributed by atoms with van der Waals surface area (Å²) in [4.78, 5) is 17.5. The first kappa shape index (κ1) is 22.9. The molecule has 7 nitrogen and oxygen atoms in total. The highest BCUT2D eigenvalue weighted by atomic mass is 32.2. The molecule has 27 heavy (non-hydrogen) atoms. The summed E-state index contributed by atoms with van der Waals surface area (Å²) in [5, 5.41) is 13.6. The van der Waals surface area contributed by atoms with Crippen LogP contribution in [0.5, 0.6) is 0 Å². The first-order valence-electron chi connectivity index (χ1n) is 6.17. The smallest absolute Gasteiger partial charge is 0.460 e. The van der Waals surface area contributed by atoms with Crippen molar-refractivity contribution in [1.29, 1.82) is 0 Å². The minimum atomic E-state index is -6.62. The molecule has 0 aromatic heterocycles. The van der Waals surface area contributed by atoms with E-state index >= 15 is 0 Å². The van der Waals surface area contributed by atoms with Crippen LogP contribution in [0.3, 0.4) is 0 Å². The van der Waals surface area contributed by atoms with Crippen molar-refractivity contribution >= 4 is 33.3 Å². The molecule has 0 radical (unpaired) electrons. The van der Waals surface area contributed by atoms with Crippen LogP contribution in [-0.2, 0) is 14.6 Å². The first-order chi connectivity index (χ1) is 11.9. The molecule has 0 atom stereocenters. The Kier molecular flexibility index (Phi) is 6.07. The van der Waals surface area contributed by atoms with E-state index in [9.17, 15) is 54.1 Å². The second-order valence-corrected chi connectivity index (χ2v) is 7.88. The Morgan fingerprint density at radius 3 is 2.07 bits per heavy atom. The van der Waals surface area contributed by atoms with Crippen LogP contribution in [0, 0.1) is 10.1 Å². The average molecular weight is 445 g/mol. The van der Waals surface area contributed by atoms with Gasteiger partial charge in [0.1, 0.15) is 4.90 Å². The maximum atomic E-state index is 13.3. The van der Waals surface area contributed by atoms with Gasteiger partial charge in [-0.05, 0) is 23.9 Å². The van der Waals surface area contributed by atoms with Crippen LogP contribution in [0.2, 0.25) is 0 Å². The molecule has 0 saturated heterocycles. The Morgan fingerprint density at radius 2 is 1.67 bits per heavy atom. The molecule has 1 aromatic carbocycles. The van der Waals surface area contributed by atoms with Crippen LogP contribution < -0.4 is 0 Å². The standard InChI is InChI=1S/C11H6F7NO6S2/c12-9(13,10(14,15)16)11(17,18)26-5-1-2-7(6(3-5)19(22)23)27(24,25)4-8(20)21/h1-3H,4H2,(H,20,21). The highest BCUT2D eigenvalue weighted by molar-refractivity contribution is 8.00. The summed E-state index contributed by atoms with van der Waals surface area (Å²) >= 11 is -1.37. The zero-order valence-electron chi connectivity index (χ0n) is 12.3. The molecular formula is C11H6F7NO6S2. The molecule has 152 valence electrons. The normalized spacial score (nSPS) is 13.4. The number of nitro groups is 1. The van der Waals surface area contributed by atoms with Crippen LogP contribution in [-0.4, -0.2) is 47.5 Å². The number of thioether (sulfide) groups is 1. The minimum Gasteiger partial charge on any atom is -0.480 e. The van der Waals surface area contributed by atoms with Gasteiger partial charge >= 0.3 is 23.3 Å². The lowest BCUT2D eigenvalue weighted by atomic mass is 10.3. The number of nitrogens with zero attached hydrogens (tertiary/aromatic N) is 1. The van der Waals surface area contributed by atoms with Crippen molar-refractivity contribution < 1.29 is 54.0 Å². The topological polar surface area (TPSA) is 115 Å². The third-order valence-corrected chi connectivity index (χ3v) is 5.39. The number of hydrogen-bond acceptors (Lipinski definition) is 6. The van der Waals surface area contributed by atoms with Crippen LogP contribution in [0.25, 0.3) is 0 Å². The van der Waals surface area contributed by atoms with Gasteiger partial charge in [-0.1, -0.05) is 0 Å². The SMILES string of the molecule is O=C(O)CS(=O)(=O)c1ccc(SC(F)(F)C(F)(F)C(F)(F)F)cc1[N+](=O)[O-]. The van der Waals surface area contributed by atoms with Crippen molar-refractivity contribution in [3.05, 3.63) is 28.3 Å². The molecule has 0 aliphatic carbocycles. The number of hydrogen-bond donors (Lipinski definition) is 1. The van der Waals surface area contributed by atoms with Gasteiger partial charge < -0.3 is 5.11 Å². The molecule has 1 rings (SSSR count). The van der Waals surface area contributed by atoms with E-state index in [2.05, 4.69) is 0 Å². The molecule has 1 N–H and O–H groups in total. The maximum absolute atomic E-state index is 13.3. The summed E-state index contributed by atoms with van der Waals surface area (Å²) in [6.07, 6.45) is -6.62. The summed E-state index contributed by atoms with van der Waals surface area (Å²) < 4.78 is 112. The summed E-state index contributed by atoms with van der Waals surface area (Å²) in [7, 11) is -4.81. The van der Waals surface area contributed by atoms with Crippen molar-refractivity contribution in [2.45, 2.75) is 27.1 Å². The number of rotatable bonds is 7. The van der Waals surface area contributed by atoms with E-state index in [1.165, 1.54) is 0 Å². The fraction of sp³-hybridized carbons (Fsp3) is 0.364. The van der Waals surface area contributed by atoms with E-state index in [0.29, 0.717) is 6.07 Å². The van der Waals surface area contributed by atoms with E-state index in [0.717, 1.165) is 0 Å². The number of halogens is 7. The summed E-state index contributed by atoms with van der Waals surface area (Å²) in [6, 6.07) is 0.604. The van der Waals surface area contributed by atoms with Crippen LogP contribution in [0.4, 0.5) is 36.4 Å². The van der Waals surface area contributed by atoms with Gasteiger partial charge in [-0.15, -0.1) is 0 Å². The number of sulfone groups is 1. The van der Waals surface area contributed by atoms with E-state index in [4.69, 9.17) is 5.11 Å². The van der Waals surface area contributed by atoms with Crippen molar-refractivity contribution in [3.8, 4) is 0 Å². The number of nitro benzene ring substituents is 1. The van der Waals surface area contributed by atoms with E-state index in [1.807, 2.05) is 0 Å². The van der Waals surface area contributed by atoms with Crippen LogP contribution in [0.1, 0.15) is 0 Å². The minimum absolute atomic E-state index is 0.0275. The van der Waals surface area contributed by atoms with Gasteiger partial charge in [0.25, 0.3) is 5.69 Å². The fourth-order valence-corrected chi connectivity index (χ4v) is 3.64. The van der Waals surface area contributed by atoms with Gasteiger partial charge in [0, 0.05) is 11.0 Å². The van der Waals surface area contributed by atoms with Gasteiger partial charge in [-0.25, -0.2) is 8.42 Å². The molecule has 0 bridgehead atoms. The third-order valence-electron chi connectivity index (χ3n) is 2.74. The van der Waals surface area contributed by atoms with Crippen molar-refractivity contribution in [2.24, 2.45) is 0 Å². The average Bonchev–Trinajstić information content (AvgIpc) is 2.43. The third kappa shape index (κ3) is 4.79. The Hall–Kier alpha value is -2.10. The summed E-state index contributed by atoms with van der Waals surface area (Å²) in [5.74, 6) is -10.0. The molecule has 0 fully saturated rings. The zero-order chi connectivity index (χ0) is 21.4. The molecule has 1 aromatic rings. The second kappa shape index (κ2) is 7.14. The molecular weight excluding hydrogens is 439 g/mol. The van der Waals surface area contributed by atoms with E-state index < -0.39 is 71.1 Å². The Bertz CT molecular complexity index is 868. The molecule has 0 unspecified atom stereocenters. The molecule has 0 aliphatic heterocycles. The van der Waals surface area contributed by atoms with Crippen LogP contribution in [0.15, 0.2) is 28.0 Å². The van der Waals surface area contributed by atoms with Gasteiger partial charge in [-0.3, -0.25) is 14.9 Å². The maximum Gasteiger partial charge on any atom is 0.460 e. The first-order valence-corrected chi connectivity index (χ1v) is 8.63. The van der Waals surface area contributed by atoms with E-state index in [-0.39, 0.29) is 12.1 Å². The predicted molar refractivity (Wildman–Crippen MR) is 74.6 cm³/mol. The van der Waals surface area contributed by atoms with E-state index in [1.54, 1.807) is 0 Å². The molecule has 0 heterocycles. The largest absolute Gasteiger partial charge is 0.480 e. The number of alkyl halides is 7. The molecule has 0 amide bonds. The number of carbonyl (C=O) groups is 1. The van der Waals surface area contributed by atoms with Gasteiger partial charge in [0.05, 0.1) is 4.92 Å². The van der Waals surface area contributed by atoms with Gasteiger partial charge in [-0.2, -0.15) is 30.7 Å². The number of carboxylic acid groups (broad SMARTS) is 1. The Morgan fingerprint density at radius 1 is 1.15 bits per heavy atom. The predicted octanol–water partition coefficient (Wildman–Crippen LogP) is 3.34. The Balaban J connectivity index is 3.41. The number of benzene rings is 1. The van der Waals surface area contributed by atoms with Gasteiger partial charge in [0.15, 0.2) is 15.6 Å². The molecule has 16 heteroatoms. The molecule has 0 aliphatic rings. The zero-order valence-corrected chi connectivity index (χ0v) is 14.0. The lowest BCUT2D eigenvalue weighted by molar-refractivity contribution is -0.388. The van der Waals surface area contributed by atoms with Crippen molar-refractivity contribution in [2.75, 3.05) is 5.75 Å². The molecule has 0 spiro atoms. The summed E-state index contributed by atoms with van der Waals surface area (Å²) in [5.41, 5.74) is -1.47. The highest BCUT2D eigenvalue weighted by Crippen LogP contribution is 2.54. The van der Waals surface area contributed by atoms with Crippen molar-refractivity contribution in [3.63, 3.8) is 0 Å². The second-order valence-electron chi connectivity index (χ2n) is 4.73. The lowest BCUT2D eigenvalue weighted by Crippen LogP contribution is -2.49. The van der Waals surface area contributed by atoms with Gasteiger partial charge in [0.2, 0.25) is 0 Å². The quantitative estimate of drug-likeness (QED) is 0.296. The lowest BCUT2D eigenvalue weighted by Gasteiger charge is -2.27.